The van der Waals surface area contributed by atoms with Crippen molar-refractivity contribution >= 4 is 56.4 Å². The molecular formula is C34H31Cl3N2O6S. The summed E-state index contributed by atoms with van der Waals surface area (Å²) in [4.78, 5) is 19.4. The molecule has 12 heteroatoms. The number of aliphatic imine (C=N–C) groups is 1. The lowest BCUT2D eigenvalue weighted by Gasteiger charge is -2.31. The number of amides is 1. The van der Waals surface area contributed by atoms with Crippen molar-refractivity contribution < 1.29 is 27.8 Å². The molecule has 0 aromatic heterocycles. The summed E-state index contributed by atoms with van der Waals surface area (Å²) in [5.74, 6) is -0.268. The second-order valence-electron chi connectivity index (χ2n) is 10.6. The molecule has 0 saturated carbocycles. The van der Waals surface area contributed by atoms with Gasteiger partial charge in [-0.25, -0.2) is 13.4 Å². The van der Waals surface area contributed by atoms with Crippen LogP contribution in [0.2, 0.25) is 15.1 Å². The molecule has 1 heterocycles. The van der Waals surface area contributed by atoms with Gasteiger partial charge in [-0.2, -0.15) is 0 Å². The fraction of sp³-hybridized carbons (Fsp3) is 0.235. The second-order valence-corrected chi connectivity index (χ2v) is 14.0. The Morgan fingerprint density at radius 1 is 0.935 bits per heavy atom. The van der Waals surface area contributed by atoms with Gasteiger partial charge in [-0.15, -0.1) is 0 Å². The number of aliphatic hydroxyl groups excluding tert-OH is 1. The van der Waals surface area contributed by atoms with Crippen molar-refractivity contribution in [3.05, 3.63) is 129 Å². The smallest absolute Gasteiger partial charge is 0.252 e. The van der Waals surface area contributed by atoms with Crippen LogP contribution in [0.25, 0.3) is 0 Å². The molecule has 0 radical (unpaired) electrons. The SMILES string of the molecule is O=C(NCc1ccccc1Cl)[C@]1(CCS(=O)(=O)c2ccccc2)N=C(c2ccc(OCCCO)cc2)O[C@@H]1c1ccc(Cl)cc1Cl. The lowest BCUT2D eigenvalue weighted by molar-refractivity contribution is -0.129. The molecule has 0 spiro atoms. The van der Waals surface area contributed by atoms with Gasteiger partial charge in [-0.3, -0.25) is 4.79 Å². The lowest BCUT2D eigenvalue weighted by atomic mass is 9.85. The number of benzene rings is 4. The molecule has 1 aliphatic heterocycles. The Hall–Kier alpha value is -3.60. The summed E-state index contributed by atoms with van der Waals surface area (Å²) in [5.41, 5.74) is -0.132. The van der Waals surface area contributed by atoms with E-state index >= 15 is 0 Å². The maximum Gasteiger partial charge on any atom is 0.252 e. The number of halogens is 3. The molecule has 0 saturated heterocycles. The summed E-state index contributed by atoms with van der Waals surface area (Å²) in [6.45, 7) is 0.421. The highest BCUT2D eigenvalue weighted by Gasteiger charge is 2.54. The molecule has 0 aliphatic carbocycles. The molecule has 0 unspecified atom stereocenters. The van der Waals surface area contributed by atoms with Crippen LogP contribution in [-0.4, -0.2) is 49.8 Å². The average Bonchev–Trinajstić information content (AvgIpc) is 3.45. The maximum absolute atomic E-state index is 14.4. The van der Waals surface area contributed by atoms with E-state index in [0.29, 0.717) is 45.5 Å². The summed E-state index contributed by atoms with van der Waals surface area (Å²) in [6.07, 6.45) is -0.850. The first kappa shape index (κ1) is 33.8. The predicted molar refractivity (Wildman–Crippen MR) is 180 cm³/mol. The van der Waals surface area contributed by atoms with Gasteiger partial charge in [-0.05, 0) is 60.2 Å². The highest BCUT2D eigenvalue weighted by Crippen LogP contribution is 2.45. The van der Waals surface area contributed by atoms with E-state index in [9.17, 15) is 13.2 Å². The molecule has 5 rings (SSSR count). The first-order valence-electron chi connectivity index (χ1n) is 14.5. The molecule has 8 nitrogen and oxygen atoms in total. The van der Waals surface area contributed by atoms with Gasteiger partial charge in [0.1, 0.15) is 5.75 Å². The van der Waals surface area contributed by atoms with Gasteiger partial charge in [-0.1, -0.05) is 77.3 Å². The number of hydrogen-bond donors (Lipinski definition) is 2. The third-order valence-electron chi connectivity index (χ3n) is 7.53. The van der Waals surface area contributed by atoms with Crippen molar-refractivity contribution in [2.75, 3.05) is 19.0 Å². The third kappa shape index (κ3) is 7.67. The zero-order valence-corrected chi connectivity index (χ0v) is 27.6. The molecule has 1 aliphatic rings. The number of rotatable bonds is 13. The van der Waals surface area contributed by atoms with Crippen LogP contribution in [0.1, 0.15) is 35.6 Å². The van der Waals surface area contributed by atoms with Crippen LogP contribution in [0.3, 0.4) is 0 Å². The Morgan fingerprint density at radius 3 is 2.35 bits per heavy atom. The van der Waals surface area contributed by atoms with Gasteiger partial charge in [0.25, 0.3) is 5.91 Å². The highest BCUT2D eigenvalue weighted by molar-refractivity contribution is 7.91. The number of carbonyl (C=O) groups excluding carboxylic acids is 1. The van der Waals surface area contributed by atoms with Crippen LogP contribution in [0.15, 0.2) is 107 Å². The van der Waals surface area contributed by atoms with Crippen LogP contribution in [-0.2, 0) is 25.9 Å². The van der Waals surface area contributed by atoms with E-state index in [0.717, 1.165) is 0 Å². The normalized spacial score (nSPS) is 17.7. The Kier molecular flexibility index (Phi) is 10.9. The molecule has 46 heavy (non-hydrogen) atoms. The van der Waals surface area contributed by atoms with E-state index in [1.807, 2.05) is 0 Å². The summed E-state index contributed by atoms with van der Waals surface area (Å²) >= 11 is 19.3. The van der Waals surface area contributed by atoms with E-state index in [1.165, 1.54) is 18.2 Å². The molecule has 4 aromatic carbocycles. The summed E-state index contributed by atoms with van der Waals surface area (Å²) in [7, 11) is -3.83. The van der Waals surface area contributed by atoms with Gasteiger partial charge in [0.2, 0.25) is 5.90 Å². The van der Waals surface area contributed by atoms with Crippen molar-refractivity contribution in [2.45, 2.75) is 35.9 Å². The van der Waals surface area contributed by atoms with Crippen molar-refractivity contribution in [3.8, 4) is 5.75 Å². The Morgan fingerprint density at radius 2 is 1.65 bits per heavy atom. The summed E-state index contributed by atoms with van der Waals surface area (Å²) in [6, 6.07) is 26.8. The molecule has 2 N–H and O–H groups in total. The molecule has 4 aromatic rings. The van der Waals surface area contributed by atoms with E-state index in [4.69, 9.17) is 54.4 Å². The minimum Gasteiger partial charge on any atom is -0.494 e. The third-order valence-corrected chi connectivity index (χ3v) is 10.2. The topological polar surface area (TPSA) is 114 Å². The van der Waals surface area contributed by atoms with Crippen LogP contribution < -0.4 is 10.1 Å². The zero-order chi connectivity index (χ0) is 32.7. The highest BCUT2D eigenvalue weighted by atomic mass is 35.5. The number of aliphatic hydroxyl groups is 1. The van der Waals surface area contributed by atoms with Crippen LogP contribution in [0.4, 0.5) is 0 Å². The minimum atomic E-state index is -3.83. The minimum absolute atomic E-state index is 0.0119. The monoisotopic (exact) mass is 700 g/mol. The summed E-state index contributed by atoms with van der Waals surface area (Å²) in [5, 5.41) is 13.1. The van der Waals surface area contributed by atoms with Crippen LogP contribution in [0, 0.1) is 0 Å². The fourth-order valence-corrected chi connectivity index (χ4v) is 7.16. The Balaban J connectivity index is 1.58. The Labute approximate surface area is 282 Å². The number of hydrogen-bond acceptors (Lipinski definition) is 7. The van der Waals surface area contributed by atoms with E-state index in [-0.39, 0.29) is 35.4 Å². The molecular weight excluding hydrogens is 671 g/mol. The first-order valence-corrected chi connectivity index (χ1v) is 17.3. The zero-order valence-electron chi connectivity index (χ0n) is 24.5. The number of carbonyl (C=O) groups is 1. The van der Waals surface area contributed by atoms with Gasteiger partial charge >= 0.3 is 0 Å². The first-order chi connectivity index (χ1) is 22.1. The molecule has 0 fully saturated rings. The second kappa shape index (κ2) is 14.9. The van der Waals surface area contributed by atoms with E-state index in [1.54, 1.807) is 78.9 Å². The summed E-state index contributed by atoms with van der Waals surface area (Å²) < 4.78 is 39.1. The molecule has 1 amide bonds. The predicted octanol–water partition coefficient (Wildman–Crippen LogP) is 6.85. The van der Waals surface area contributed by atoms with Gasteiger partial charge in [0.15, 0.2) is 21.5 Å². The molecule has 2 atom stereocenters. The van der Waals surface area contributed by atoms with Gasteiger partial charge in [0, 0.05) is 52.2 Å². The van der Waals surface area contributed by atoms with Crippen molar-refractivity contribution in [1.29, 1.82) is 0 Å². The quantitative estimate of drug-likeness (QED) is 0.148. The van der Waals surface area contributed by atoms with Gasteiger partial charge < -0.3 is 19.9 Å². The molecule has 240 valence electrons. The van der Waals surface area contributed by atoms with Crippen LogP contribution >= 0.6 is 34.8 Å². The van der Waals surface area contributed by atoms with Crippen molar-refractivity contribution in [3.63, 3.8) is 0 Å². The van der Waals surface area contributed by atoms with Crippen molar-refractivity contribution in [2.24, 2.45) is 4.99 Å². The lowest BCUT2D eigenvalue weighted by Crippen LogP contribution is -2.49. The average molecular weight is 702 g/mol. The number of nitrogens with one attached hydrogen (secondary N) is 1. The van der Waals surface area contributed by atoms with Crippen LogP contribution in [0.5, 0.6) is 5.75 Å². The Bertz CT molecular complexity index is 1820. The van der Waals surface area contributed by atoms with Gasteiger partial charge in [0.05, 0.1) is 17.3 Å². The number of sulfone groups is 1. The van der Waals surface area contributed by atoms with E-state index < -0.39 is 33.1 Å². The maximum atomic E-state index is 14.4. The standard InChI is InChI=1S/C34H31Cl3N2O6S/c35-25-13-16-28(30(37)21-25)31-34(17-20-46(42,43)27-8-2-1-3-9-27,33(41)38-22-24-7-4-5-10-29(24)36)39-32(45-31)23-11-14-26(15-12-23)44-19-6-18-40/h1-5,7-16,21,31,40H,6,17-20,22H2,(H,38,41)/t31-,34-/m1/s1. The van der Waals surface area contributed by atoms with E-state index in [2.05, 4.69) is 5.32 Å². The molecule has 0 bridgehead atoms. The van der Waals surface area contributed by atoms with Crippen molar-refractivity contribution in [1.82, 2.24) is 5.32 Å². The number of ether oxygens (including phenoxy) is 2. The largest absolute Gasteiger partial charge is 0.494 e. The number of nitrogens with zero attached hydrogens (tertiary/aromatic N) is 1. The fourth-order valence-electron chi connectivity index (χ4n) is 5.07.